The van der Waals surface area contributed by atoms with Crippen LogP contribution in [0.5, 0.6) is 5.75 Å². The molecule has 0 N–H and O–H groups in total. The number of para-hydroxylation sites is 1. The van der Waals surface area contributed by atoms with E-state index in [1.54, 1.807) is 29.1 Å². The number of ether oxygens (including phenoxy) is 1. The minimum Gasteiger partial charge on any atom is -0.488 e. The van der Waals surface area contributed by atoms with Gasteiger partial charge in [0.25, 0.3) is 0 Å². The van der Waals surface area contributed by atoms with Gasteiger partial charge in [-0.2, -0.15) is 5.10 Å². The second-order valence-corrected chi connectivity index (χ2v) is 9.74. The first kappa shape index (κ1) is 18.1. The first-order chi connectivity index (χ1) is 13.9. The Morgan fingerprint density at radius 1 is 1.28 bits per heavy atom. The van der Waals surface area contributed by atoms with Crippen LogP contribution in [0.2, 0.25) is 0 Å². The zero-order chi connectivity index (χ0) is 20.2. The average Bonchev–Trinajstić information content (AvgIpc) is 3.23. The van der Waals surface area contributed by atoms with Crippen LogP contribution in [0.4, 0.5) is 0 Å². The number of rotatable bonds is 2. The average molecular weight is 409 g/mol. The summed E-state index contributed by atoms with van der Waals surface area (Å²) in [5, 5.41) is 5.40. The lowest BCUT2D eigenvalue weighted by atomic mass is 9.98. The Kier molecular flexibility index (Phi) is 4.06. The molecule has 1 unspecified atom stereocenters. The monoisotopic (exact) mass is 409 g/mol. The standard InChI is InChI=1S/C21H19N3O4S/c1-13-18-9-14(8-15-11-28-19-5-3-2-4-17(19)20(15)25)10-22-21(18)24(23-13)16-6-7-29(26,27)12-16/h2-5,8-10,16H,6-7,11-12H2,1H3/b15-8-. The van der Waals surface area contributed by atoms with E-state index < -0.39 is 9.84 Å². The molecular weight excluding hydrogens is 390 g/mol. The van der Waals surface area contributed by atoms with Crippen molar-refractivity contribution in [3.8, 4) is 5.75 Å². The third-order valence-corrected chi connectivity index (χ3v) is 7.20. The molecule has 0 radical (unpaired) electrons. The summed E-state index contributed by atoms with van der Waals surface area (Å²) in [5.74, 6) is 0.843. The fraction of sp³-hybridized carbons (Fsp3) is 0.286. The third kappa shape index (κ3) is 3.13. The van der Waals surface area contributed by atoms with Gasteiger partial charge in [-0.1, -0.05) is 12.1 Å². The zero-order valence-corrected chi connectivity index (χ0v) is 16.6. The van der Waals surface area contributed by atoms with Crippen molar-refractivity contribution in [2.75, 3.05) is 18.1 Å². The Labute approximate surface area is 167 Å². The van der Waals surface area contributed by atoms with E-state index in [-0.39, 0.29) is 29.9 Å². The van der Waals surface area contributed by atoms with Crippen molar-refractivity contribution in [3.05, 3.63) is 58.9 Å². The Morgan fingerprint density at radius 2 is 2.10 bits per heavy atom. The molecule has 2 aromatic heterocycles. The number of fused-ring (bicyclic) bond motifs is 2. The highest BCUT2D eigenvalue weighted by Gasteiger charge is 2.31. The molecule has 2 aliphatic heterocycles. The largest absolute Gasteiger partial charge is 0.488 e. The van der Waals surface area contributed by atoms with Crippen molar-refractivity contribution in [1.82, 2.24) is 14.8 Å². The highest BCUT2D eigenvalue weighted by Crippen LogP contribution is 2.30. The molecule has 5 rings (SSSR count). The van der Waals surface area contributed by atoms with E-state index in [1.807, 2.05) is 25.1 Å². The van der Waals surface area contributed by atoms with Crippen molar-refractivity contribution in [1.29, 1.82) is 0 Å². The summed E-state index contributed by atoms with van der Waals surface area (Å²) in [6.45, 7) is 2.10. The number of benzene rings is 1. The lowest BCUT2D eigenvalue weighted by molar-refractivity contribution is 0.100. The van der Waals surface area contributed by atoms with Gasteiger partial charge in [0.05, 0.1) is 28.8 Å². The minimum atomic E-state index is -3.01. The Hall–Kier alpha value is -3.00. The molecule has 148 valence electrons. The summed E-state index contributed by atoms with van der Waals surface area (Å²) in [6, 6.07) is 8.96. The topological polar surface area (TPSA) is 91.2 Å². The number of hydrogen-bond donors (Lipinski definition) is 0. The van der Waals surface area contributed by atoms with Gasteiger partial charge in [0, 0.05) is 17.2 Å². The van der Waals surface area contributed by atoms with Crippen LogP contribution >= 0.6 is 0 Å². The van der Waals surface area contributed by atoms with E-state index in [4.69, 9.17) is 4.74 Å². The van der Waals surface area contributed by atoms with Gasteiger partial charge in [-0.3, -0.25) is 4.79 Å². The van der Waals surface area contributed by atoms with E-state index in [0.717, 1.165) is 16.6 Å². The normalized spacial score (nSPS) is 22.0. The Balaban J connectivity index is 1.51. The number of nitrogens with zero attached hydrogens (tertiary/aromatic N) is 3. The molecule has 0 amide bonds. The van der Waals surface area contributed by atoms with Crippen molar-refractivity contribution in [3.63, 3.8) is 0 Å². The van der Waals surface area contributed by atoms with Gasteiger partial charge in [0.1, 0.15) is 12.4 Å². The van der Waals surface area contributed by atoms with Crippen molar-refractivity contribution in [2.45, 2.75) is 19.4 Å². The van der Waals surface area contributed by atoms with E-state index in [2.05, 4.69) is 10.1 Å². The first-order valence-electron chi connectivity index (χ1n) is 9.44. The van der Waals surface area contributed by atoms with Gasteiger partial charge in [0.15, 0.2) is 21.3 Å². The number of Topliss-reactive ketones (excluding diaryl/α,β-unsaturated/α-hetero) is 1. The second-order valence-electron chi connectivity index (χ2n) is 7.51. The van der Waals surface area contributed by atoms with Crippen LogP contribution in [0.15, 0.2) is 42.1 Å². The maximum absolute atomic E-state index is 12.7. The summed E-state index contributed by atoms with van der Waals surface area (Å²) < 4.78 is 31.1. The second kappa shape index (κ2) is 6.52. The van der Waals surface area contributed by atoms with E-state index >= 15 is 0 Å². The Morgan fingerprint density at radius 3 is 2.90 bits per heavy atom. The number of hydrogen-bond acceptors (Lipinski definition) is 6. The van der Waals surface area contributed by atoms with Gasteiger partial charge < -0.3 is 4.74 Å². The molecule has 2 aliphatic rings. The molecule has 29 heavy (non-hydrogen) atoms. The van der Waals surface area contributed by atoms with E-state index in [0.29, 0.717) is 29.0 Å². The number of aromatic nitrogens is 3. The smallest absolute Gasteiger partial charge is 0.196 e. The van der Waals surface area contributed by atoms with Crippen LogP contribution in [-0.2, 0) is 9.84 Å². The van der Waals surface area contributed by atoms with Crippen LogP contribution in [0.25, 0.3) is 17.1 Å². The highest BCUT2D eigenvalue weighted by molar-refractivity contribution is 7.91. The van der Waals surface area contributed by atoms with Crippen molar-refractivity contribution < 1.29 is 17.9 Å². The minimum absolute atomic E-state index is 0.0458. The number of ketones is 1. The fourth-order valence-corrected chi connectivity index (χ4v) is 5.66. The summed E-state index contributed by atoms with van der Waals surface area (Å²) in [7, 11) is -3.01. The zero-order valence-electron chi connectivity index (χ0n) is 15.8. The van der Waals surface area contributed by atoms with E-state index in [1.165, 1.54) is 0 Å². The van der Waals surface area contributed by atoms with Gasteiger partial charge >= 0.3 is 0 Å². The molecule has 7 nitrogen and oxygen atoms in total. The van der Waals surface area contributed by atoms with Gasteiger partial charge in [0.2, 0.25) is 0 Å². The molecule has 8 heteroatoms. The van der Waals surface area contributed by atoms with Crippen LogP contribution in [0.1, 0.15) is 34.1 Å². The molecule has 0 aliphatic carbocycles. The number of sulfone groups is 1. The first-order valence-corrected chi connectivity index (χ1v) is 11.3. The number of carbonyl (C=O) groups is 1. The molecule has 1 saturated heterocycles. The van der Waals surface area contributed by atoms with Crippen LogP contribution in [-0.4, -0.2) is 47.1 Å². The number of carbonyl (C=O) groups excluding carboxylic acids is 1. The summed E-state index contributed by atoms with van der Waals surface area (Å²) in [6.07, 6.45) is 4.03. The van der Waals surface area contributed by atoms with Gasteiger partial charge in [-0.15, -0.1) is 0 Å². The van der Waals surface area contributed by atoms with Gasteiger partial charge in [-0.25, -0.2) is 18.1 Å². The highest BCUT2D eigenvalue weighted by atomic mass is 32.2. The number of aryl methyl sites for hydroxylation is 1. The van der Waals surface area contributed by atoms with Crippen molar-refractivity contribution in [2.24, 2.45) is 0 Å². The van der Waals surface area contributed by atoms with Crippen LogP contribution in [0, 0.1) is 6.92 Å². The molecule has 0 spiro atoms. The summed E-state index contributed by atoms with van der Waals surface area (Å²) >= 11 is 0. The fourth-order valence-electron chi connectivity index (χ4n) is 3.97. The predicted molar refractivity (Wildman–Crippen MR) is 109 cm³/mol. The Bertz CT molecular complexity index is 1290. The SMILES string of the molecule is Cc1nn(C2CCS(=O)(=O)C2)c2ncc(/C=C3/COc4ccccc4C3=O)cc12. The number of pyridine rings is 1. The van der Waals surface area contributed by atoms with E-state index in [9.17, 15) is 13.2 Å². The molecule has 0 bridgehead atoms. The van der Waals surface area contributed by atoms with Gasteiger partial charge in [-0.05, 0) is 43.2 Å². The maximum atomic E-state index is 12.7. The summed E-state index contributed by atoms with van der Waals surface area (Å²) in [4.78, 5) is 17.3. The molecule has 4 heterocycles. The molecule has 3 aromatic rings. The maximum Gasteiger partial charge on any atom is 0.196 e. The quantitative estimate of drug-likeness (QED) is 0.605. The lowest BCUT2D eigenvalue weighted by Gasteiger charge is -2.18. The molecular formula is C21H19N3O4S. The van der Waals surface area contributed by atoms with Crippen molar-refractivity contribution >= 4 is 32.7 Å². The molecule has 0 saturated carbocycles. The molecule has 1 atom stereocenters. The molecule has 1 fully saturated rings. The predicted octanol–water partition coefficient (Wildman–Crippen LogP) is 2.76. The molecule has 1 aromatic carbocycles. The third-order valence-electron chi connectivity index (χ3n) is 5.45. The summed E-state index contributed by atoms with van der Waals surface area (Å²) in [5.41, 5.74) is 3.37. The lowest BCUT2D eigenvalue weighted by Crippen LogP contribution is -2.18. The van der Waals surface area contributed by atoms with Crippen LogP contribution < -0.4 is 4.74 Å². The van der Waals surface area contributed by atoms with Crippen LogP contribution in [0.3, 0.4) is 0 Å².